The first-order chi connectivity index (χ1) is 7.83. The molecule has 0 N–H and O–H groups in total. The van der Waals surface area contributed by atoms with Crippen molar-refractivity contribution in [1.29, 1.82) is 0 Å². The predicted octanol–water partition coefficient (Wildman–Crippen LogP) is 5.88. The minimum atomic E-state index is 2.00. The minimum absolute atomic E-state index is 2.00. The maximum Gasteiger partial charge on any atom is -0.0470 e. The van der Waals surface area contributed by atoms with Crippen molar-refractivity contribution in [2.75, 3.05) is 0 Å². The Balaban J connectivity index is -0.000000152. The van der Waals surface area contributed by atoms with Gasteiger partial charge in [-0.15, -0.1) is 0 Å². The fourth-order valence-electron chi connectivity index (χ4n) is 0.385. The predicted molar refractivity (Wildman–Crippen MR) is 78.8 cm³/mol. The summed E-state index contributed by atoms with van der Waals surface area (Å²) in [5.41, 5.74) is 0. The lowest BCUT2D eigenvalue weighted by atomic mass is 10.4. The third kappa shape index (κ3) is 38.7. The van der Waals surface area contributed by atoms with Crippen molar-refractivity contribution in [3.8, 4) is 0 Å². The SMILES string of the molecule is C/C=C/C.C/C=C/C.CC.c1ccccc1. The van der Waals surface area contributed by atoms with Gasteiger partial charge in [0.1, 0.15) is 0 Å². The Morgan fingerprint density at radius 3 is 0.625 bits per heavy atom. The summed E-state index contributed by atoms with van der Waals surface area (Å²) < 4.78 is 0. The molecule has 1 rings (SSSR count). The van der Waals surface area contributed by atoms with Crippen LogP contribution in [0.2, 0.25) is 0 Å². The van der Waals surface area contributed by atoms with E-state index in [0.717, 1.165) is 0 Å². The van der Waals surface area contributed by atoms with Crippen molar-refractivity contribution in [3.05, 3.63) is 60.7 Å². The first-order valence-corrected chi connectivity index (χ1v) is 5.98. The van der Waals surface area contributed by atoms with Crippen molar-refractivity contribution in [1.82, 2.24) is 0 Å². The first kappa shape index (κ1) is 20.2. The normalized spacial score (nSPS) is 8.12. The van der Waals surface area contributed by atoms with E-state index in [2.05, 4.69) is 0 Å². The number of hydrogen-bond acceptors (Lipinski definition) is 0. The molecule has 0 saturated heterocycles. The van der Waals surface area contributed by atoms with Crippen LogP contribution in [0.15, 0.2) is 60.7 Å². The Morgan fingerprint density at radius 2 is 0.562 bits per heavy atom. The molecule has 0 radical (unpaired) electrons. The van der Waals surface area contributed by atoms with Crippen molar-refractivity contribution >= 4 is 0 Å². The lowest BCUT2D eigenvalue weighted by Gasteiger charge is -1.69. The largest absolute Gasteiger partial charge is 0.0919 e. The highest BCUT2D eigenvalue weighted by Crippen LogP contribution is 1.79. The quantitative estimate of drug-likeness (QED) is 0.479. The van der Waals surface area contributed by atoms with E-state index in [4.69, 9.17) is 0 Å². The van der Waals surface area contributed by atoms with Crippen molar-refractivity contribution in [2.45, 2.75) is 41.5 Å². The Kier molecular flexibility index (Phi) is 36.8. The molecule has 0 saturated carbocycles. The molecule has 0 fully saturated rings. The molecular formula is C16H28. The maximum atomic E-state index is 2.00. The third-order valence-electron chi connectivity index (χ3n) is 1.33. The smallest absolute Gasteiger partial charge is 0.0470 e. The van der Waals surface area contributed by atoms with E-state index >= 15 is 0 Å². The zero-order valence-corrected chi connectivity index (χ0v) is 11.8. The molecule has 0 nitrogen and oxygen atoms in total. The average molecular weight is 220 g/mol. The van der Waals surface area contributed by atoms with Gasteiger partial charge in [-0.3, -0.25) is 0 Å². The van der Waals surface area contributed by atoms with Crippen LogP contribution in [-0.4, -0.2) is 0 Å². The molecule has 0 heterocycles. The van der Waals surface area contributed by atoms with Crippen molar-refractivity contribution in [3.63, 3.8) is 0 Å². The van der Waals surface area contributed by atoms with Gasteiger partial charge in [-0.25, -0.2) is 0 Å². The number of rotatable bonds is 0. The molecule has 0 atom stereocenters. The van der Waals surface area contributed by atoms with Crippen LogP contribution in [0.1, 0.15) is 41.5 Å². The second kappa shape index (κ2) is 29.2. The Labute approximate surface area is 103 Å². The second-order valence-corrected chi connectivity index (χ2v) is 2.49. The van der Waals surface area contributed by atoms with E-state index in [1.54, 1.807) is 0 Å². The molecule has 0 bridgehead atoms. The van der Waals surface area contributed by atoms with E-state index in [1.165, 1.54) is 0 Å². The van der Waals surface area contributed by atoms with Crippen molar-refractivity contribution < 1.29 is 0 Å². The average Bonchev–Trinajstić information content (AvgIpc) is 2.43. The molecular weight excluding hydrogens is 192 g/mol. The maximum absolute atomic E-state index is 2.00. The van der Waals surface area contributed by atoms with Gasteiger partial charge in [0, 0.05) is 0 Å². The van der Waals surface area contributed by atoms with Gasteiger partial charge in [-0.2, -0.15) is 0 Å². The lowest BCUT2D eigenvalue weighted by Crippen LogP contribution is -1.47. The van der Waals surface area contributed by atoms with Gasteiger partial charge in [0.15, 0.2) is 0 Å². The summed E-state index contributed by atoms with van der Waals surface area (Å²) in [6, 6.07) is 12.0. The van der Waals surface area contributed by atoms with Gasteiger partial charge in [0.2, 0.25) is 0 Å². The highest BCUT2D eigenvalue weighted by molar-refractivity contribution is 4.99. The molecule has 92 valence electrons. The highest BCUT2D eigenvalue weighted by Gasteiger charge is 1.57. The molecule has 0 heteroatoms. The monoisotopic (exact) mass is 220 g/mol. The fourth-order valence-corrected chi connectivity index (χ4v) is 0.385. The van der Waals surface area contributed by atoms with Gasteiger partial charge in [-0.1, -0.05) is 74.5 Å². The highest BCUT2D eigenvalue weighted by atomic mass is 13.6. The Hall–Kier alpha value is -1.30. The number of allylic oxidation sites excluding steroid dienone is 4. The van der Waals surface area contributed by atoms with Crippen LogP contribution in [0, 0.1) is 0 Å². The van der Waals surface area contributed by atoms with Crippen LogP contribution < -0.4 is 0 Å². The van der Waals surface area contributed by atoms with Gasteiger partial charge >= 0.3 is 0 Å². The summed E-state index contributed by atoms with van der Waals surface area (Å²) in [4.78, 5) is 0. The van der Waals surface area contributed by atoms with E-state index in [0.29, 0.717) is 0 Å². The van der Waals surface area contributed by atoms with Crippen LogP contribution in [-0.2, 0) is 0 Å². The van der Waals surface area contributed by atoms with Gasteiger partial charge < -0.3 is 0 Å². The van der Waals surface area contributed by atoms with Crippen LogP contribution in [0.25, 0.3) is 0 Å². The summed E-state index contributed by atoms with van der Waals surface area (Å²) in [5.74, 6) is 0. The zero-order chi connectivity index (χ0) is 13.1. The van der Waals surface area contributed by atoms with E-state index in [1.807, 2.05) is 102 Å². The first-order valence-electron chi connectivity index (χ1n) is 5.98. The lowest BCUT2D eigenvalue weighted by molar-refractivity contribution is 1.50. The van der Waals surface area contributed by atoms with Crippen LogP contribution in [0.4, 0.5) is 0 Å². The molecule has 0 aliphatic rings. The van der Waals surface area contributed by atoms with Gasteiger partial charge in [0.05, 0.1) is 0 Å². The molecule has 1 aromatic rings. The molecule has 0 unspecified atom stereocenters. The standard InChI is InChI=1S/C6H6.2C4H8.C2H6/c1-2-4-6-5-3-1;2*1-3-4-2;1-2/h1-6H;2*3-4H,1-2H3;1-2H3/b;2*4-3+;. The molecule has 0 aliphatic carbocycles. The Morgan fingerprint density at radius 1 is 0.438 bits per heavy atom. The fraction of sp³-hybridized carbons (Fsp3) is 0.375. The topological polar surface area (TPSA) is 0 Å². The van der Waals surface area contributed by atoms with E-state index in [9.17, 15) is 0 Å². The summed E-state index contributed by atoms with van der Waals surface area (Å²) in [6.45, 7) is 12.0. The summed E-state index contributed by atoms with van der Waals surface area (Å²) in [6.07, 6.45) is 8.00. The molecule has 0 spiro atoms. The minimum Gasteiger partial charge on any atom is -0.0919 e. The number of hydrogen-bond donors (Lipinski definition) is 0. The molecule has 0 amide bonds. The summed E-state index contributed by atoms with van der Waals surface area (Å²) in [5, 5.41) is 0. The van der Waals surface area contributed by atoms with Gasteiger partial charge in [0.25, 0.3) is 0 Å². The molecule has 0 aliphatic heterocycles. The van der Waals surface area contributed by atoms with Crippen LogP contribution >= 0.6 is 0 Å². The van der Waals surface area contributed by atoms with Gasteiger partial charge in [-0.05, 0) is 27.7 Å². The molecule has 1 aromatic carbocycles. The van der Waals surface area contributed by atoms with Crippen LogP contribution in [0.3, 0.4) is 0 Å². The van der Waals surface area contributed by atoms with E-state index < -0.39 is 0 Å². The third-order valence-corrected chi connectivity index (χ3v) is 1.33. The van der Waals surface area contributed by atoms with Crippen molar-refractivity contribution in [2.24, 2.45) is 0 Å². The van der Waals surface area contributed by atoms with Crippen LogP contribution in [0.5, 0.6) is 0 Å². The Bertz CT molecular complexity index is 162. The molecule has 16 heavy (non-hydrogen) atoms. The summed E-state index contributed by atoms with van der Waals surface area (Å²) >= 11 is 0. The second-order valence-electron chi connectivity index (χ2n) is 2.49. The van der Waals surface area contributed by atoms with E-state index in [-0.39, 0.29) is 0 Å². The summed E-state index contributed by atoms with van der Waals surface area (Å²) in [7, 11) is 0. The number of benzene rings is 1. The molecule has 0 aromatic heterocycles. The zero-order valence-electron chi connectivity index (χ0n) is 11.8.